The fraction of sp³-hybridized carbons (Fsp3) is 0.923. The highest BCUT2D eigenvalue weighted by molar-refractivity contribution is 7.87. The first kappa shape index (κ1) is 17.4. The van der Waals surface area contributed by atoms with Gasteiger partial charge in [0.25, 0.3) is 10.2 Å². The summed E-state index contributed by atoms with van der Waals surface area (Å²) in [6.07, 6.45) is 3.21. The van der Waals surface area contributed by atoms with Gasteiger partial charge in [0.15, 0.2) is 0 Å². The summed E-state index contributed by atoms with van der Waals surface area (Å²) in [7, 11) is -3.39. The van der Waals surface area contributed by atoms with Gasteiger partial charge in [0, 0.05) is 26.1 Å². The first-order valence-corrected chi connectivity index (χ1v) is 8.72. The van der Waals surface area contributed by atoms with Crippen LogP contribution < -0.4 is 4.72 Å². The van der Waals surface area contributed by atoms with E-state index in [0.29, 0.717) is 44.3 Å². The van der Waals surface area contributed by atoms with Gasteiger partial charge in [0.1, 0.15) is 0 Å². The zero-order valence-corrected chi connectivity index (χ0v) is 13.2. The molecule has 0 radical (unpaired) electrons. The Bertz CT molecular complexity index is 401. The van der Waals surface area contributed by atoms with Crippen LogP contribution in [-0.2, 0) is 15.0 Å². The standard InChI is InChI=1S/C13H26N2O4S/c1-11-8-12(2)10-15(9-11)20(18,19)14-7-5-3-4-6-13(16)17/h11-12,14H,3-10H2,1-2H3,(H,16,17). The van der Waals surface area contributed by atoms with E-state index >= 15 is 0 Å². The monoisotopic (exact) mass is 306 g/mol. The van der Waals surface area contributed by atoms with Crippen LogP contribution in [0.5, 0.6) is 0 Å². The second-order valence-electron chi connectivity index (χ2n) is 5.87. The van der Waals surface area contributed by atoms with Crippen molar-refractivity contribution in [3.63, 3.8) is 0 Å². The van der Waals surface area contributed by atoms with Gasteiger partial charge in [-0.15, -0.1) is 0 Å². The van der Waals surface area contributed by atoms with Crippen molar-refractivity contribution in [2.24, 2.45) is 11.8 Å². The highest BCUT2D eigenvalue weighted by Gasteiger charge is 2.29. The molecular formula is C13H26N2O4S. The van der Waals surface area contributed by atoms with E-state index in [0.717, 1.165) is 12.8 Å². The molecule has 1 heterocycles. The lowest BCUT2D eigenvalue weighted by Crippen LogP contribution is -2.48. The number of carboxylic acids is 1. The summed E-state index contributed by atoms with van der Waals surface area (Å²) < 4.78 is 28.4. The fourth-order valence-electron chi connectivity index (χ4n) is 2.67. The number of hydrogen-bond donors (Lipinski definition) is 2. The van der Waals surface area contributed by atoms with Gasteiger partial charge in [-0.3, -0.25) is 4.79 Å². The summed E-state index contributed by atoms with van der Waals surface area (Å²) in [4.78, 5) is 10.3. The van der Waals surface area contributed by atoms with Gasteiger partial charge in [-0.2, -0.15) is 12.7 Å². The molecule has 0 spiro atoms. The van der Waals surface area contributed by atoms with Crippen molar-refractivity contribution in [2.75, 3.05) is 19.6 Å². The predicted octanol–water partition coefficient (Wildman–Crippen LogP) is 1.44. The molecule has 0 aromatic heterocycles. The Kier molecular flexibility index (Phi) is 6.91. The maximum atomic E-state index is 12.1. The number of piperidine rings is 1. The molecule has 6 nitrogen and oxygen atoms in total. The molecule has 2 unspecified atom stereocenters. The number of hydrogen-bond acceptors (Lipinski definition) is 3. The molecule has 1 saturated heterocycles. The molecule has 0 saturated carbocycles. The van der Waals surface area contributed by atoms with Crippen molar-refractivity contribution in [3.8, 4) is 0 Å². The minimum Gasteiger partial charge on any atom is -0.481 e. The van der Waals surface area contributed by atoms with Crippen LogP contribution in [0, 0.1) is 11.8 Å². The average Bonchev–Trinajstić information content (AvgIpc) is 2.32. The lowest BCUT2D eigenvalue weighted by molar-refractivity contribution is -0.137. The van der Waals surface area contributed by atoms with Crippen LogP contribution in [-0.4, -0.2) is 43.4 Å². The van der Waals surface area contributed by atoms with E-state index in [2.05, 4.69) is 18.6 Å². The van der Waals surface area contributed by atoms with E-state index in [9.17, 15) is 13.2 Å². The number of unbranched alkanes of at least 4 members (excludes halogenated alkanes) is 2. The van der Waals surface area contributed by atoms with Gasteiger partial charge >= 0.3 is 5.97 Å². The molecule has 1 aliphatic heterocycles. The summed E-state index contributed by atoms with van der Waals surface area (Å²) in [5, 5.41) is 8.50. The van der Waals surface area contributed by atoms with Gasteiger partial charge in [-0.25, -0.2) is 4.72 Å². The second kappa shape index (κ2) is 7.95. The highest BCUT2D eigenvalue weighted by Crippen LogP contribution is 2.22. The maximum absolute atomic E-state index is 12.1. The minimum atomic E-state index is -3.39. The van der Waals surface area contributed by atoms with Crippen LogP contribution in [0.3, 0.4) is 0 Å². The van der Waals surface area contributed by atoms with Crippen LogP contribution >= 0.6 is 0 Å². The molecule has 0 bridgehead atoms. The Morgan fingerprint density at radius 3 is 2.35 bits per heavy atom. The van der Waals surface area contributed by atoms with Crippen molar-refractivity contribution in [2.45, 2.75) is 46.0 Å². The van der Waals surface area contributed by atoms with Crippen molar-refractivity contribution in [1.29, 1.82) is 0 Å². The zero-order valence-electron chi connectivity index (χ0n) is 12.3. The van der Waals surface area contributed by atoms with Crippen LogP contribution in [0.25, 0.3) is 0 Å². The third kappa shape index (κ3) is 6.19. The molecule has 20 heavy (non-hydrogen) atoms. The molecule has 0 aliphatic carbocycles. The van der Waals surface area contributed by atoms with Gasteiger partial charge in [-0.1, -0.05) is 20.3 Å². The maximum Gasteiger partial charge on any atom is 0.303 e. The number of carboxylic acid groups (broad SMARTS) is 1. The molecule has 2 atom stereocenters. The van der Waals surface area contributed by atoms with Crippen LogP contribution in [0.15, 0.2) is 0 Å². The van der Waals surface area contributed by atoms with E-state index in [-0.39, 0.29) is 6.42 Å². The van der Waals surface area contributed by atoms with Gasteiger partial charge < -0.3 is 5.11 Å². The Balaban J connectivity index is 2.29. The molecule has 7 heteroatoms. The van der Waals surface area contributed by atoms with E-state index in [4.69, 9.17) is 5.11 Å². The molecule has 0 amide bonds. The van der Waals surface area contributed by atoms with Gasteiger partial charge in [0.2, 0.25) is 0 Å². The minimum absolute atomic E-state index is 0.147. The molecule has 2 N–H and O–H groups in total. The summed E-state index contributed by atoms with van der Waals surface area (Å²) in [6, 6.07) is 0. The van der Waals surface area contributed by atoms with Crippen molar-refractivity contribution in [1.82, 2.24) is 9.03 Å². The number of nitrogens with zero attached hydrogens (tertiary/aromatic N) is 1. The first-order chi connectivity index (χ1) is 9.31. The normalized spacial score (nSPS) is 24.7. The largest absolute Gasteiger partial charge is 0.481 e. The third-order valence-corrected chi connectivity index (χ3v) is 5.07. The summed E-state index contributed by atoms with van der Waals surface area (Å²) in [5.74, 6) is -0.0151. The molecule has 1 fully saturated rings. The number of nitrogens with one attached hydrogen (secondary N) is 1. The molecule has 1 aliphatic rings. The molecule has 1 rings (SSSR count). The average molecular weight is 306 g/mol. The molecule has 118 valence electrons. The first-order valence-electron chi connectivity index (χ1n) is 7.28. The van der Waals surface area contributed by atoms with Crippen molar-refractivity contribution < 1.29 is 18.3 Å². The van der Waals surface area contributed by atoms with E-state index in [1.165, 1.54) is 4.31 Å². The number of carbonyl (C=O) groups is 1. The lowest BCUT2D eigenvalue weighted by Gasteiger charge is -2.33. The van der Waals surface area contributed by atoms with Crippen LogP contribution in [0.1, 0.15) is 46.0 Å². The highest BCUT2D eigenvalue weighted by atomic mass is 32.2. The van der Waals surface area contributed by atoms with Gasteiger partial charge in [-0.05, 0) is 31.1 Å². The SMILES string of the molecule is CC1CC(C)CN(S(=O)(=O)NCCCCCC(=O)O)C1. The van der Waals surface area contributed by atoms with Crippen LogP contribution in [0.2, 0.25) is 0 Å². The zero-order chi connectivity index (χ0) is 15.2. The Morgan fingerprint density at radius 2 is 1.80 bits per heavy atom. The van der Waals surface area contributed by atoms with Crippen molar-refractivity contribution in [3.05, 3.63) is 0 Å². The lowest BCUT2D eigenvalue weighted by atomic mass is 9.94. The van der Waals surface area contributed by atoms with E-state index in [1.54, 1.807) is 0 Å². The summed E-state index contributed by atoms with van der Waals surface area (Å²) >= 11 is 0. The smallest absolute Gasteiger partial charge is 0.303 e. The molecule has 0 aromatic carbocycles. The molecular weight excluding hydrogens is 280 g/mol. The summed E-state index contributed by atoms with van der Waals surface area (Å²) in [6.45, 7) is 5.69. The Morgan fingerprint density at radius 1 is 1.20 bits per heavy atom. The van der Waals surface area contributed by atoms with Crippen molar-refractivity contribution >= 4 is 16.2 Å². The van der Waals surface area contributed by atoms with Crippen LogP contribution in [0.4, 0.5) is 0 Å². The van der Waals surface area contributed by atoms with E-state index in [1.807, 2.05) is 0 Å². The second-order valence-corrected chi connectivity index (χ2v) is 7.62. The fourth-order valence-corrected chi connectivity index (χ4v) is 4.16. The summed E-state index contributed by atoms with van der Waals surface area (Å²) in [5.41, 5.74) is 0. The number of aliphatic carboxylic acids is 1. The molecule has 0 aromatic rings. The predicted molar refractivity (Wildman–Crippen MR) is 77.5 cm³/mol. The Labute approximate surface area is 121 Å². The quantitative estimate of drug-likeness (QED) is 0.664. The third-order valence-electron chi connectivity index (χ3n) is 3.53. The van der Waals surface area contributed by atoms with E-state index < -0.39 is 16.2 Å². The number of rotatable bonds is 8. The topological polar surface area (TPSA) is 86.7 Å². The van der Waals surface area contributed by atoms with Gasteiger partial charge in [0.05, 0.1) is 0 Å². The Hall–Kier alpha value is -0.660.